The van der Waals surface area contributed by atoms with Crippen LogP contribution in [0.4, 0.5) is 10.5 Å². The minimum absolute atomic E-state index is 0.0480. The minimum atomic E-state index is -0.575. The first-order chi connectivity index (χ1) is 12.3. The van der Waals surface area contributed by atoms with Crippen LogP contribution in [-0.2, 0) is 4.74 Å². The van der Waals surface area contributed by atoms with Crippen molar-refractivity contribution < 1.29 is 19.4 Å². The molecule has 2 N–H and O–H groups in total. The van der Waals surface area contributed by atoms with E-state index in [4.69, 9.17) is 21.1 Å². The van der Waals surface area contributed by atoms with Gasteiger partial charge >= 0.3 is 6.09 Å². The summed E-state index contributed by atoms with van der Waals surface area (Å²) in [6.45, 7) is 7.22. The van der Waals surface area contributed by atoms with Crippen LogP contribution in [-0.4, -0.2) is 59.4 Å². The maximum absolute atomic E-state index is 12.2. The molecule has 1 fully saturated rings. The normalized spacial score (nSPS) is 19.0. The van der Waals surface area contributed by atoms with Gasteiger partial charge in [-0.05, 0) is 57.9 Å². The smallest absolute Gasteiger partial charge is 0.410 e. The molecule has 0 aromatic heterocycles. The molecule has 26 heavy (non-hydrogen) atoms. The molecule has 1 aliphatic heterocycles. The summed E-state index contributed by atoms with van der Waals surface area (Å²) < 4.78 is 11.5. The first-order valence-electron chi connectivity index (χ1n) is 8.99. The van der Waals surface area contributed by atoms with Gasteiger partial charge in [-0.15, -0.1) is 11.6 Å². The second-order valence-corrected chi connectivity index (χ2v) is 7.83. The Balaban J connectivity index is 1.85. The number of nitrogens with one attached hydrogen (secondary N) is 1. The molecule has 1 saturated heterocycles. The Morgan fingerprint density at radius 1 is 1.38 bits per heavy atom. The predicted molar refractivity (Wildman–Crippen MR) is 103 cm³/mol. The number of rotatable bonds is 6. The van der Waals surface area contributed by atoms with E-state index in [1.165, 1.54) is 0 Å². The third kappa shape index (κ3) is 6.92. The van der Waals surface area contributed by atoms with Crippen molar-refractivity contribution in [3.8, 4) is 5.75 Å². The van der Waals surface area contributed by atoms with Gasteiger partial charge in [-0.3, -0.25) is 0 Å². The van der Waals surface area contributed by atoms with Crippen LogP contribution in [0.1, 0.15) is 33.6 Å². The third-order valence-corrected chi connectivity index (χ3v) is 4.26. The van der Waals surface area contributed by atoms with Gasteiger partial charge in [0.15, 0.2) is 0 Å². The van der Waals surface area contributed by atoms with Crippen LogP contribution in [0.2, 0.25) is 0 Å². The summed E-state index contributed by atoms with van der Waals surface area (Å²) in [4.78, 5) is 13.9. The van der Waals surface area contributed by atoms with Gasteiger partial charge in [0.25, 0.3) is 0 Å². The summed E-state index contributed by atoms with van der Waals surface area (Å²) in [6.07, 6.45) is 0.881. The van der Waals surface area contributed by atoms with Crippen molar-refractivity contribution >= 4 is 23.4 Å². The number of halogens is 1. The van der Waals surface area contributed by atoms with E-state index in [0.29, 0.717) is 19.6 Å². The molecule has 6 nitrogen and oxygen atoms in total. The van der Waals surface area contributed by atoms with E-state index in [9.17, 15) is 9.90 Å². The van der Waals surface area contributed by atoms with Gasteiger partial charge in [0.05, 0.1) is 18.5 Å². The molecule has 0 radical (unpaired) electrons. The number of carbonyl (C=O) groups excluding carboxylic acids is 1. The summed E-state index contributed by atoms with van der Waals surface area (Å²) in [5.74, 6) is 0.953. The Morgan fingerprint density at radius 2 is 2.08 bits per heavy atom. The molecule has 2 atom stereocenters. The monoisotopic (exact) mass is 384 g/mol. The van der Waals surface area contributed by atoms with Crippen LogP contribution in [0.15, 0.2) is 24.3 Å². The van der Waals surface area contributed by atoms with E-state index in [2.05, 4.69) is 5.32 Å². The van der Waals surface area contributed by atoms with E-state index in [1.807, 2.05) is 45.0 Å². The first-order valence-corrected chi connectivity index (χ1v) is 9.53. The Kier molecular flexibility index (Phi) is 7.41. The quantitative estimate of drug-likeness (QED) is 0.735. The lowest BCUT2D eigenvalue weighted by Crippen LogP contribution is -2.46. The first kappa shape index (κ1) is 20.6. The molecule has 0 saturated carbocycles. The Bertz CT molecular complexity index is 574. The van der Waals surface area contributed by atoms with Gasteiger partial charge in [0.1, 0.15) is 17.5 Å². The number of likely N-dealkylation sites (tertiary alicyclic amines) is 1. The van der Waals surface area contributed by atoms with Crippen molar-refractivity contribution in [3.05, 3.63) is 24.3 Å². The second-order valence-electron chi connectivity index (χ2n) is 7.52. The zero-order valence-electron chi connectivity index (χ0n) is 15.7. The highest BCUT2D eigenvalue weighted by molar-refractivity contribution is 6.18. The van der Waals surface area contributed by atoms with Gasteiger partial charge in [-0.25, -0.2) is 4.79 Å². The molecule has 1 aromatic rings. The number of carbonyl (C=O) groups is 1. The standard InChI is InChI=1S/C19H29ClN2O4/c1-19(2,3)26-18(24)22-10-4-5-17(13-22)25-16-8-6-14(7-9-16)21-12-15(23)11-20/h6-9,15,17,21,23H,4-5,10-13H2,1-3H3. The van der Waals surface area contributed by atoms with Crippen LogP contribution in [0, 0.1) is 0 Å². The molecular formula is C19H29ClN2O4. The van der Waals surface area contributed by atoms with Crippen LogP contribution < -0.4 is 10.1 Å². The number of aliphatic hydroxyl groups excluding tert-OH is 1. The van der Waals surface area contributed by atoms with E-state index >= 15 is 0 Å². The minimum Gasteiger partial charge on any atom is -0.489 e. The maximum Gasteiger partial charge on any atom is 0.410 e. The Labute approximate surface area is 160 Å². The molecule has 2 unspecified atom stereocenters. The summed E-state index contributed by atoms with van der Waals surface area (Å²) in [6, 6.07) is 7.54. The Hall–Kier alpha value is -1.66. The van der Waals surface area contributed by atoms with Crippen molar-refractivity contribution in [2.24, 2.45) is 0 Å². The maximum atomic E-state index is 12.2. The molecule has 146 valence electrons. The molecule has 1 heterocycles. The van der Waals surface area contributed by atoms with Gasteiger partial charge in [0, 0.05) is 18.8 Å². The topological polar surface area (TPSA) is 71.0 Å². The van der Waals surface area contributed by atoms with Gasteiger partial charge in [0.2, 0.25) is 0 Å². The van der Waals surface area contributed by atoms with Gasteiger partial charge < -0.3 is 24.8 Å². The lowest BCUT2D eigenvalue weighted by Gasteiger charge is -2.34. The number of nitrogens with zero attached hydrogens (tertiary/aromatic N) is 1. The SMILES string of the molecule is CC(C)(C)OC(=O)N1CCCC(Oc2ccc(NCC(O)CCl)cc2)C1. The fourth-order valence-electron chi connectivity index (χ4n) is 2.66. The van der Waals surface area contributed by atoms with Crippen LogP contribution >= 0.6 is 11.6 Å². The van der Waals surface area contributed by atoms with E-state index in [0.717, 1.165) is 24.3 Å². The summed E-state index contributed by atoms with van der Waals surface area (Å²) >= 11 is 5.57. The summed E-state index contributed by atoms with van der Waals surface area (Å²) in [5, 5.41) is 12.6. The van der Waals surface area contributed by atoms with Crippen molar-refractivity contribution in [2.75, 3.05) is 30.8 Å². The number of hydrogen-bond acceptors (Lipinski definition) is 5. The number of alkyl halides is 1. The number of hydrogen-bond donors (Lipinski definition) is 2. The molecule has 0 spiro atoms. The van der Waals surface area contributed by atoms with Gasteiger partial charge in [-0.2, -0.15) is 0 Å². The molecule has 2 rings (SSSR count). The van der Waals surface area contributed by atoms with Crippen molar-refractivity contribution in [3.63, 3.8) is 0 Å². The highest BCUT2D eigenvalue weighted by Gasteiger charge is 2.28. The number of benzene rings is 1. The number of ether oxygens (including phenoxy) is 2. The predicted octanol–water partition coefficient (Wildman–Crippen LogP) is 3.48. The molecule has 0 bridgehead atoms. The van der Waals surface area contributed by atoms with Crippen molar-refractivity contribution in [2.45, 2.75) is 51.4 Å². The fourth-order valence-corrected chi connectivity index (χ4v) is 2.77. The molecule has 1 aliphatic rings. The second kappa shape index (κ2) is 9.33. The van der Waals surface area contributed by atoms with Gasteiger partial charge in [-0.1, -0.05) is 0 Å². The zero-order chi connectivity index (χ0) is 19.2. The molecule has 7 heteroatoms. The number of amides is 1. The number of aliphatic hydroxyl groups is 1. The fraction of sp³-hybridized carbons (Fsp3) is 0.632. The van der Waals surface area contributed by atoms with E-state index < -0.39 is 11.7 Å². The number of piperidine rings is 1. The summed E-state index contributed by atoms with van der Waals surface area (Å²) in [5.41, 5.74) is 0.394. The number of anilines is 1. The Morgan fingerprint density at radius 3 is 2.69 bits per heavy atom. The molecule has 0 aliphatic carbocycles. The highest BCUT2D eigenvalue weighted by atomic mass is 35.5. The summed E-state index contributed by atoms with van der Waals surface area (Å²) in [7, 11) is 0. The zero-order valence-corrected chi connectivity index (χ0v) is 16.5. The average molecular weight is 385 g/mol. The highest BCUT2D eigenvalue weighted by Crippen LogP contribution is 2.22. The van der Waals surface area contributed by atoms with Crippen LogP contribution in [0.3, 0.4) is 0 Å². The van der Waals surface area contributed by atoms with Crippen molar-refractivity contribution in [1.29, 1.82) is 0 Å². The molecular weight excluding hydrogens is 356 g/mol. The largest absolute Gasteiger partial charge is 0.489 e. The van der Waals surface area contributed by atoms with Crippen LogP contribution in [0.25, 0.3) is 0 Å². The molecule has 1 aromatic carbocycles. The van der Waals surface area contributed by atoms with Crippen LogP contribution in [0.5, 0.6) is 5.75 Å². The molecule has 1 amide bonds. The van der Waals surface area contributed by atoms with E-state index in [-0.39, 0.29) is 18.1 Å². The lowest BCUT2D eigenvalue weighted by atomic mass is 10.1. The van der Waals surface area contributed by atoms with Crippen molar-refractivity contribution in [1.82, 2.24) is 4.90 Å². The van der Waals surface area contributed by atoms with E-state index in [1.54, 1.807) is 4.90 Å². The third-order valence-electron chi connectivity index (χ3n) is 3.91. The lowest BCUT2D eigenvalue weighted by molar-refractivity contribution is 0.00776. The average Bonchev–Trinajstić information content (AvgIpc) is 2.59.